The Kier molecular flexibility index (Phi) is 9.94. The molecule has 4 aromatic carbocycles. The average Bonchev–Trinajstić information content (AvgIpc) is 2.86. The second-order valence-electron chi connectivity index (χ2n) is 11.0. The summed E-state index contributed by atoms with van der Waals surface area (Å²) in [7, 11) is 5.75. The number of carboxylic acid groups (broad SMARTS) is 3. The van der Waals surface area contributed by atoms with E-state index in [-0.39, 0.29) is 24.0 Å². The highest BCUT2D eigenvalue weighted by Gasteiger charge is 2.24. The van der Waals surface area contributed by atoms with E-state index in [0.29, 0.717) is 32.6 Å². The second-order valence-corrected chi connectivity index (χ2v) is 11.0. The van der Waals surface area contributed by atoms with Gasteiger partial charge in [0.25, 0.3) is 0 Å². The van der Waals surface area contributed by atoms with Gasteiger partial charge in [-0.05, 0) is 32.7 Å². The van der Waals surface area contributed by atoms with E-state index in [1.807, 2.05) is 21.1 Å². The third-order valence-electron chi connectivity index (χ3n) is 6.51. The molecule has 3 N–H and O–H groups in total. The number of esters is 1. The number of aromatic carboxylic acids is 2. The Morgan fingerprint density at radius 1 is 0.767 bits per heavy atom. The molecule has 226 valence electrons. The van der Waals surface area contributed by atoms with Gasteiger partial charge in [0.1, 0.15) is 6.54 Å². The van der Waals surface area contributed by atoms with Crippen LogP contribution in [0.5, 0.6) is 11.5 Å². The Labute approximate surface area is 247 Å². The van der Waals surface area contributed by atoms with Crippen LogP contribution < -0.4 is 10.2 Å². The van der Waals surface area contributed by atoms with Crippen LogP contribution in [0.25, 0.3) is 21.5 Å². The van der Waals surface area contributed by atoms with E-state index in [0.717, 1.165) is 0 Å². The van der Waals surface area contributed by atoms with Gasteiger partial charge < -0.3 is 34.8 Å². The predicted molar refractivity (Wildman–Crippen MR) is 154 cm³/mol. The molecule has 0 saturated carbocycles. The highest BCUT2D eigenvalue weighted by Crippen LogP contribution is 2.35. The molecule has 1 atom stereocenters. The van der Waals surface area contributed by atoms with Gasteiger partial charge in [0, 0.05) is 13.3 Å². The minimum absolute atomic E-state index is 0.144. The van der Waals surface area contributed by atoms with Gasteiger partial charge in [-0.25, -0.2) is 9.59 Å². The Hall–Kier alpha value is -5.16. The SMILES string of the molecule is CC(=O)O[C@H](CC(=O)O)C[N+](C)(C)C.O=C(O)c1c([O-])cc2ccccc2c1Cc1c(C(=O)O)c([O-])cc2ccccc12. The lowest BCUT2D eigenvalue weighted by molar-refractivity contribution is -0.873. The molecule has 0 amide bonds. The Balaban J connectivity index is 0.000000308. The van der Waals surface area contributed by atoms with Gasteiger partial charge in [-0.1, -0.05) is 72.2 Å². The number of rotatable bonds is 9. The molecule has 0 spiro atoms. The smallest absolute Gasteiger partial charge is 0.335 e. The van der Waals surface area contributed by atoms with Gasteiger partial charge in [0.15, 0.2) is 6.10 Å². The fourth-order valence-corrected chi connectivity index (χ4v) is 4.99. The van der Waals surface area contributed by atoms with Crippen molar-refractivity contribution in [2.45, 2.75) is 25.9 Å². The van der Waals surface area contributed by atoms with Gasteiger partial charge in [0.2, 0.25) is 0 Å². The maximum Gasteiger partial charge on any atom is 0.335 e. The van der Waals surface area contributed by atoms with Crippen molar-refractivity contribution < 1.29 is 53.9 Å². The molecule has 4 rings (SSSR count). The first-order valence-corrected chi connectivity index (χ1v) is 13.2. The number of carbonyl (C=O) groups is 4. The molecular weight excluding hydrogens is 558 g/mol. The zero-order valence-electron chi connectivity index (χ0n) is 24.1. The number of hydrogen-bond donors (Lipinski definition) is 3. The van der Waals surface area contributed by atoms with Crippen LogP contribution in [-0.2, 0) is 20.7 Å². The third-order valence-corrected chi connectivity index (χ3v) is 6.51. The summed E-state index contributed by atoms with van der Waals surface area (Å²) in [6.07, 6.45) is -0.865. The Bertz CT molecular complexity index is 1590. The Morgan fingerprint density at radius 2 is 1.19 bits per heavy atom. The van der Waals surface area contributed by atoms with Crippen molar-refractivity contribution in [1.29, 1.82) is 0 Å². The monoisotopic (exact) mass is 590 g/mol. The number of benzene rings is 4. The zero-order valence-corrected chi connectivity index (χ0v) is 24.1. The van der Waals surface area contributed by atoms with Crippen molar-refractivity contribution in [1.82, 2.24) is 0 Å². The molecule has 0 saturated heterocycles. The largest absolute Gasteiger partial charge is 0.872 e. The summed E-state index contributed by atoms with van der Waals surface area (Å²) in [5, 5.41) is 55.0. The average molecular weight is 591 g/mol. The molecule has 0 heterocycles. The topological polar surface area (TPSA) is 184 Å². The Morgan fingerprint density at radius 3 is 1.53 bits per heavy atom. The summed E-state index contributed by atoms with van der Waals surface area (Å²) in [4.78, 5) is 44.9. The number of carbonyl (C=O) groups excluding carboxylic acids is 1. The summed E-state index contributed by atoms with van der Waals surface area (Å²) in [5.41, 5.74) is -0.446. The summed E-state index contributed by atoms with van der Waals surface area (Å²) >= 11 is 0. The van der Waals surface area contributed by atoms with Gasteiger partial charge in [-0.3, -0.25) is 9.59 Å². The molecule has 0 aliphatic carbocycles. The lowest BCUT2D eigenvalue weighted by Crippen LogP contribution is -2.43. The first kappa shape index (κ1) is 32.4. The van der Waals surface area contributed by atoms with Gasteiger partial charge in [-0.2, -0.15) is 0 Å². The summed E-state index contributed by atoms with van der Waals surface area (Å²) < 4.78 is 5.46. The van der Waals surface area contributed by atoms with Crippen molar-refractivity contribution in [2.75, 3.05) is 27.7 Å². The van der Waals surface area contributed by atoms with Crippen molar-refractivity contribution in [3.8, 4) is 11.5 Å². The summed E-state index contributed by atoms with van der Waals surface area (Å²) in [5.74, 6) is -5.50. The van der Waals surface area contributed by atoms with Gasteiger partial charge >= 0.3 is 23.9 Å². The maximum absolute atomic E-state index is 12.5. The number of aliphatic carboxylic acids is 1. The van der Waals surface area contributed by atoms with E-state index in [4.69, 9.17) is 9.84 Å². The molecular formula is C32H32NO10-. The summed E-state index contributed by atoms with van der Waals surface area (Å²) in [6.45, 7) is 1.77. The fraction of sp³-hybridized carbons (Fsp3) is 0.250. The first-order chi connectivity index (χ1) is 20.1. The lowest BCUT2D eigenvalue weighted by atomic mass is 9.88. The van der Waals surface area contributed by atoms with E-state index in [1.165, 1.54) is 19.1 Å². The molecule has 0 aromatic heterocycles. The van der Waals surface area contributed by atoms with Gasteiger partial charge in [0.05, 0.1) is 38.7 Å². The van der Waals surface area contributed by atoms with Crippen molar-refractivity contribution in [3.05, 3.63) is 82.9 Å². The van der Waals surface area contributed by atoms with Crippen molar-refractivity contribution in [2.24, 2.45) is 0 Å². The molecule has 0 fully saturated rings. The zero-order chi connectivity index (χ0) is 32.1. The van der Waals surface area contributed by atoms with Crippen LogP contribution in [0.1, 0.15) is 45.2 Å². The second kappa shape index (κ2) is 13.2. The minimum atomic E-state index is -1.39. The third kappa shape index (κ3) is 8.20. The van der Waals surface area contributed by atoms with E-state index < -0.39 is 52.6 Å². The number of quaternary nitrogens is 1. The lowest BCUT2D eigenvalue weighted by Gasteiger charge is -2.28. The molecule has 0 bridgehead atoms. The fourth-order valence-electron chi connectivity index (χ4n) is 4.99. The molecule has 4 aromatic rings. The van der Waals surface area contributed by atoms with Crippen LogP contribution in [0.3, 0.4) is 0 Å². The molecule has 0 radical (unpaired) electrons. The molecule has 0 aliphatic heterocycles. The highest BCUT2D eigenvalue weighted by molar-refractivity contribution is 6.04. The van der Waals surface area contributed by atoms with Crippen molar-refractivity contribution >= 4 is 45.4 Å². The quantitative estimate of drug-likeness (QED) is 0.193. The van der Waals surface area contributed by atoms with Crippen LogP contribution in [0.2, 0.25) is 0 Å². The van der Waals surface area contributed by atoms with Crippen molar-refractivity contribution in [3.63, 3.8) is 0 Å². The number of nitrogens with zero attached hydrogens (tertiary/aromatic N) is 1. The molecule has 0 aliphatic rings. The molecule has 0 unspecified atom stereocenters. The molecule has 11 nitrogen and oxygen atoms in total. The van der Waals surface area contributed by atoms with Crippen LogP contribution in [0, 0.1) is 0 Å². The normalized spacial score (nSPS) is 11.8. The number of fused-ring (bicyclic) bond motifs is 2. The predicted octanol–water partition coefficient (Wildman–Crippen LogP) is 3.23. The van der Waals surface area contributed by atoms with Crippen LogP contribution in [0.15, 0.2) is 60.7 Å². The van der Waals surface area contributed by atoms with E-state index in [1.54, 1.807) is 48.5 Å². The van der Waals surface area contributed by atoms with E-state index in [2.05, 4.69) is 0 Å². The molecule has 11 heteroatoms. The maximum atomic E-state index is 12.5. The standard InChI is InChI=1S/C23H16O6.C9H17NO4/c24-18-9-12-5-1-3-7-14(12)16(20(18)22(26)27)11-17-15-8-4-2-6-13(15)10-19(25)21(17)23(28)29;1-7(11)14-8(5-9(12)13)6-10(2,3)4/h1-10,24-25H,11H2,(H,26,27)(H,28,29);8H,5-6H2,1-4H3/p-1/t;8-/m.1/s1. The number of likely N-dealkylation sites (N-methyl/N-ethyl adjacent to an activating group) is 1. The van der Waals surface area contributed by atoms with E-state index in [9.17, 15) is 39.6 Å². The van der Waals surface area contributed by atoms with Gasteiger partial charge in [-0.15, -0.1) is 0 Å². The van der Waals surface area contributed by atoms with E-state index >= 15 is 0 Å². The van der Waals surface area contributed by atoms with Crippen LogP contribution >= 0.6 is 0 Å². The minimum Gasteiger partial charge on any atom is -0.872 e. The summed E-state index contributed by atoms with van der Waals surface area (Å²) in [6, 6.07) is 16.1. The van der Waals surface area contributed by atoms with Crippen LogP contribution in [0.4, 0.5) is 0 Å². The number of ether oxygens (including phenoxy) is 1. The highest BCUT2D eigenvalue weighted by atomic mass is 16.5. The number of carboxylic acids is 3. The molecule has 43 heavy (non-hydrogen) atoms. The first-order valence-electron chi connectivity index (χ1n) is 13.2. The number of hydrogen-bond acceptors (Lipinski definition) is 7. The van der Waals surface area contributed by atoms with Crippen LogP contribution in [-0.4, -0.2) is 77.5 Å².